The van der Waals surface area contributed by atoms with Crippen LogP contribution in [0.3, 0.4) is 0 Å². The Balaban J connectivity index is 2.57. The molecule has 0 spiro atoms. The molecule has 0 aliphatic heterocycles. The van der Waals surface area contributed by atoms with Crippen molar-refractivity contribution in [2.24, 2.45) is 5.92 Å². The molecule has 1 amide bonds. The summed E-state index contributed by atoms with van der Waals surface area (Å²) in [4.78, 5) is 40.0. The van der Waals surface area contributed by atoms with E-state index in [1.54, 1.807) is 34.0 Å². The van der Waals surface area contributed by atoms with E-state index in [-0.39, 0.29) is 36.7 Å². The topological polar surface area (TPSA) is 91.6 Å². The van der Waals surface area contributed by atoms with Crippen molar-refractivity contribution in [1.82, 2.24) is 14.8 Å². The molecule has 0 bridgehead atoms. The van der Waals surface area contributed by atoms with Gasteiger partial charge in [0.05, 0.1) is 12.0 Å². The molecule has 1 heterocycles. The van der Waals surface area contributed by atoms with E-state index >= 15 is 0 Å². The molecule has 7 nitrogen and oxygen atoms in total. The highest BCUT2D eigenvalue weighted by molar-refractivity contribution is 5.82. The average molecular weight is 622 g/mol. The summed E-state index contributed by atoms with van der Waals surface area (Å²) in [6, 6.07) is 1.26. The summed E-state index contributed by atoms with van der Waals surface area (Å²) in [7, 11) is 3.19. The van der Waals surface area contributed by atoms with E-state index in [0.29, 0.717) is 17.2 Å². The minimum Gasteiger partial charge on any atom is -0.481 e. The molecule has 1 unspecified atom stereocenters. The van der Waals surface area contributed by atoms with Crippen LogP contribution in [-0.4, -0.2) is 46.6 Å². The Morgan fingerprint density at radius 2 is 1.68 bits per heavy atom. The Bertz CT molecular complexity index is 1450. The normalized spacial score (nSPS) is 13.6. The lowest BCUT2D eigenvalue weighted by atomic mass is 9.92. The van der Waals surface area contributed by atoms with Crippen LogP contribution in [-0.2, 0) is 22.3 Å². The molecular formula is C33H43F4N3O4. The predicted octanol–water partition coefficient (Wildman–Crippen LogP) is 6.67. The van der Waals surface area contributed by atoms with Gasteiger partial charge < -0.3 is 19.9 Å². The number of nitrogens with zero attached hydrogens (tertiary/aromatic N) is 2. The highest BCUT2D eigenvalue weighted by atomic mass is 19.4. The van der Waals surface area contributed by atoms with Crippen LogP contribution < -0.4 is 10.9 Å². The van der Waals surface area contributed by atoms with Crippen LogP contribution in [0.2, 0.25) is 0 Å². The van der Waals surface area contributed by atoms with Gasteiger partial charge in [0.1, 0.15) is 11.9 Å². The van der Waals surface area contributed by atoms with Crippen LogP contribution in [0.4, 0.5) is 17.6 Å². The molecule has 44 heavy (non-hydrogen) atoms. The number of aromatic nitrogens is 1. The van der Waals surface area contributed by atoms with Crippen molar-refractivity contribution in [3.8, 4) is 0 Å². The highest BCUT2D eigenvalue weighted by Crippen LogP contribution is 2.32. The molecule has 0 saturated carbocycles. The number of allylic oxidation sites excluding steroid dienone is 3. The van der Waals surface area contributed by atoms with Crippen molar-refractivity contribution in [3.05, 3.63) is 86.1 Å². The number of amides is 1. The Morgan fingerprint density at radius 3 is 2.16 bits per heavy atom. The van der Waals surface area contributed by atoms with E-state index in [2.05, 4.69) is 5.32 Å². The number of alkyl halides is 3. The quantitative estimate of drug-likeness (QED) is 0.193. The predicted molar refractivity (Wildman–Crippen MR) is 164 cm³/mol. The van der Waals surface area contributed by atoms with E-state index in [1.165, 1.54) is 17.0 Å². The number of aryl methyl sites for hydroxylation is 2. The molecular weight excluding hydrogens is 578 g/mol. The first-order valence-corrected chi connectivity index (χ1v) is 14.4. The van der Waals surface area contributed by atoms with Crippen molar-refractivity contribution >= 4 is 17.4 Å². The van der Waals surface area contributed by atoms with E-state index < -0.39 is 47.7 Å². The summed E-state index contributed by atoms with van der Waals surface area (Å²) < 4.78 is 56.3. The minimum atomic E-state index is -4.76. The molecule has 1 aromatic heterocycles. The lowest BCUT2D eigenvalue weighted by molar-refractivity contribution is -0.139. The van der Waals surface area contributed by atoms with Gasteiger partial charge in [-0.2, -0.15) is 13.2 Å². The van der Waals surface area contributed by atoms with Gasteiger partial charge in [0.2, 0.25) is 5.91 Å². The third-order valence-electron chi connectivity index (χ3n) is 6.91. The monoisotopic (exact) mass is 621 g/mol. The number of carboxylic acid groups (broad SMARTS) is 1. The maximum atomic E-state index is 14.0. The number of benzene rings is 1. The maximum Gasteiger partial charge on any atom is 0.416 e. The van der Waals surface area contributed by atoms with Gasteiger partial charge in [-0.3, -0.25) is 14.4 Å². The number of carbonyl (C=O) groups excluding carboxylic acids is 1. The fourth-order valence-electron chi connectivity index (χ4n) is 5.24. The van der Waals surface area contributed by atoms with Gasteiger partial charge >= 0.3 is 12.1 Å². The molecule has 1 aromatic carbocycles. The average Bonchev–Trinajstić information content (AvgIpc) is 2.84. The number of hydrogen-bond acceptors (Lipinski definition) is 4. The molecule has 2 N–H and O–H groups in total. The van der Waals surface area contributed by atoms with Gasteiger partial charge in [-0.15, -0.1) is 0 Å². The smallest absolute Gasteiger partial charge is 0.416 e. The first-order chi connectivity index (χ1) is 20.3. The van der Waals surface area contributed by atoms with Crippen LogP contribution in [0.15, 0.2) is 46.9 Å². The van der Waals surface area contributed by atoms with Crippen molar-refractivity contribution in [3.63, 3.8) is 0 Å². The van der Waals surface area contributed by atoms with E-state index in [1.807, 2.05) is 33.8 Å². The van der Waals surface area contributed by atoms with Crippen molar-refractivity contribution in [1.29, 1.82) is 0 Å². The lowest BCUT2D eigenvalue weighted by Crippen LogP contribution is -2.43. The zero-order chi connectivity index (χ0) is 33.5. The molecule has 2 atom stereocenters. The summed E-state index contributed by atoms with van der Waals surface area (Å²) in [5.41, 5.74) is 1.64. The van der Waals surface area contributed by atoms with Crippen LogP contribution in [0.1, 0.15) is 80.8 Å². The SMILES string of the molecule is CC(C)=C/C(=C\C[C@H](CC(=O)O)NC(=O)C(CC(C)C)n1cc(CN(C)C)c(C(F)(F)F)cc1=O)c1c(C)cc(F)cc1C. The Morgan fingerprint density at radius 1 is 1.09 bits per heavy atom. The van der Waals surface area contributed by atoms with Crippen LogP contribution >= 0.6 is 0 Å². The summed E-state index contributed by atoms with van der Waals surface area (Å²) in [6.45, 7) is 10.8. The fraction of sp³-hybridized carbons (Fsp3) is 0.485. The molecule has 0 aliphatic rings. The number of carbonyl (C=O) groups is 2. The second kappa shape index (κ2) is 15.3. The van der Waals surface area contributed by atoms with Gasteiger partial charge in [0, 0.05) is 24.8 Å². The number of hydrogen-bond donors (Lipinski definition) is 2. The van der Waals surface area contributed by atoms with E-state index in [9.17, 15) is 37.1 Å². The number of pyridine rings is 1. The second-order valence-electron chi connectivity index (χ2n) is 12.2. The summed E-state index contributed by atoms with van der Waals surface area (Å²) >= 11 is 0. The summed E-state index contributed by atoms with van der Waals surface area (Å²) in [6.07, 6.45) is -0.221. The molecule has 0 fully saturated rings. The number of nitrogens with one attached hydrogen (secondary N) is 1. The van der Waals surface area contributed by atoms with Gasteiger partial charge in [-0.1, -0.05) is 31.6 Å². The minimum absolute atomic E-state index is 0.0929. The number of rotatable bonds is 13. The summed E-state index contributed by atoms with van der Waals surface area (Å²) in [5, 5.41) is 12.4. The van der Waals surface area contributed by atoms with Crippen LogP contribution in [0.5, 0.6) is 0 Å². The largest absolute Gasteiger partial charge is 0.481 e. The molecule has 242 valence electrons. The van der Waals surface area contributed by atoms with E-state index in [4.69, 9.17) is 0 Å². The second-order valence-corrected chi connectivity index (χ2v) is 12.2. The third-order valence-corrected chi connectivity index (χ3v) is 6.91. The molecule has 11 heteroatoms. The van der Waals surface area contributed by atoms with Crippen molar-refractivity contribution in [2.75, 3.05) is 14.1 Å². The van der Waals surface area contributed by atoms with Crippen molar-refractivity contribution < 1.29 is 32.3 Å². The zero-order valence-corrected chi connectivity index (χ0v) is 26.6. The molecule has 0 saturated heterocycles. The molecule has 2 rings (SSSR count). The lowest BCUT2D eigenvalue weighted by Gasteiger charge is -2.26. The Hall–Kier alpha value is -3.73. The van der Waals surface area contributed by atoms with Gasteiger partial charge in [0.25, 0.3) is 5.56 Å². The van der Waals surface area contributed by atoms with Crippen LogP contribution in [0, 0.1) is 25.6 Å². The first-order valence-electron chi connectivity index (χ1n) is 14.4. The zero-order valence-electron chi connectivity index (χ0n) is 26.6. The molecule has 0 radical (unpaired) electrons. The highest BCUT2D eigenvalue weighted by Gasteiger charge is 2.35. The number of carboxylic acids is 1. The van der Waals surface area contributed by atoms with Gasteiger partial charge in [-0.25, -0.2) is 4.39 Å². The van der Waals surface area contributed by atoms with Gasteiger partial charge in [-0.05, 0) is 101 Å². The maximum absolute atomic E-state index is 14.0. The van der Waals surface area contributed by atoms with Crippen molar-refractivity contribution in [2.45, 2.75) is 85.6 Å². The fourth-order valence-corrected chi connectivity index (χ4v) is 5.24. The van der Waals surface area contributed by atoms with Gasteiger partial charge in [0.15, 0.2) is 0 Å². The standard InChI is InChI=1S/C33H43F4N3O4/c1-19(2)11-23(31-21(5)13-25(34)14-22(31)6)9-10-26(15-30(42)43)38-32(44)28(12-20(3)4)40-18-24(17-39(7)8)27(16-29(40)41)33(35,36)37/h9,11,13-14,16,18,20,26,28H,10,12,15,17H2,1-8H3,(H,38,44)(H,42,43)/b23-9+/t26-,28?/m1/s1. The Labute approximate surface area is 256 Å². The van der Waals surface area contributed by atoms with E-state index in [0.717, 1.165) is 27.5 Å². The molecule has 0 aliphatic carbocycles. The molecule has 2 aromatic rings. The van der Waals surface area contributed by atoms with Crippen LogP contribution in [0.25, 0.3) is 5.57 Å². The third kappa shape index (κ3) is 10.5. The Kier molecular flexibility index (Phi) is 12.7. The number of halogens is 4. The number of aliphatic carboxylic acids is 1. The summed E-state index contributed by atoms with van der Waals surface area (Å²) in [5.74, 6) is -2.33. The first kappa shape index (κ1) is 36.5.